The number of rotatable bonds is 6. The summed E-state index contributed by atoms with van der Waals surface area (Å²) in [7, 11) is 0. The minimum atomic E-state index is 0.112. The van der Waals surface area contributed by atoms with E-state index in [9.17, 15) is 4.79 Å². The van der Waals surface area contributed by atoms with E-state index < -0.39 is 0 Å². The summed E-state index contributed by atoms with van der Waals surface area (Å²) in [5.41, 5.74) is 1.89. The summed E-state index contributed by atoms with van der Waals surface area (Å²) in [6, 6.07) is 7.68. The molecule has 0 N–H and O–H groups in total. The molecule has 0 radical (unpaired) electrons. The highest BCUT2D eigenvalue weighted by Crippen LogP contribution is 2.29. The summed E-state index contributed by atoms with van der Waals surface area (Å²) in [5, 5.41) is 4.41. The van der Waals surface area contributed by atoms with E-state index in [0.717, 1.165) is 30.5 Å². The predicted octanol–water partition coefficient (Wildman–Crippen LogP) is 1.91. The van der Waals surface area contributed by atoms with Gasteiger partial charge in [-0.3, -0.25) is 14.5 Å². The average Bonchev–Trinajstić information content (AvgIpc) is 3.38. The molecular weight excluding hydrogens is 316 g/mol. The molecule has 2 aromatic heterocycles. The lowest BCUT2D eigenvalue weighted by molar-refractivity contribution is -0.132. The molecule has 1 aliphatic carbocycles. The van der Waals surface area contributed by atoms with Gasteiger partial charge in [-0.05, 0) is 37.0 Å². The molecule has 6 nitrogen and oxygen atoms in total. The Labute approximate surface area is 147 Å². The van der Waals surface area contributed by atoms with Crippen molar-refractivity contribution in [3.63, 3.8) is 0 Å². The van der Waals surface area contributed by atoms with Crippen LogP contribution >= 0.6 is 0 Å². The van der Waals surface area contributed by atoms with Crippen molar-refractivity contribution in [2.45, 2.75) is 32.4 Å². The lowest BCUT2D eigenvalue weighted by atomic mass is 10.1. The molecule has 0 spiro atoms. The maximum atomic E-state index is 12.8. The summed E-state index contributed by atoms with van der Waals surface area (Å²) in [5.74, 6) is 1.14. The number of fused-ring (bicyclic) bond motifs is 1. The zero-order valence-corrected chi connectivity index (χ0v) is 14.4. The molecule has 1 atom stereocenters. The molecule has 1 aliphatic heterocycles. The van der Waals surface area contributed by atoms with Crippen LogP contribution in [0, 0.1) is 11.8 Å². The number of aromatic nitrogens is 3. The van der Waals surface area contributed by atoms with Gasteiger partial charge in [-0.25, -0.2) is 0 Å². The molecule has 6 heteroatoms. The van der Waals surface area contributed by atoms with E-state index in [1.54, 1.807) is 6.20 Å². The first kappa shape index (κ1) is 16.3. The highest BCUT2D eigenvalue weighted by atomic mass is 16.5. The fourth-order valence-electron chi connectivity index (χ4n) is 3.28. The second-order valence-electron chi connectivity index (χ2n) is 7.12. The molecule has 1 fully saturated rings. The lowest BCUT2D eigenvalue weighted by Gasteiger charge is -2.24. The number of nitrogens with zero attached hydrogens (tertiary/aromatic N) is 4. The van der Waals surface area contributed by atoms with Crippen molar-refractivity contribution in [3.05, 3.63) is 48.0 Å². The number of carbonyl (C=O) groups excluding carboxylic acids is 1. The van der Waals surface area contributed by atoms with E-state index in [-0.39, 0.29) is 11.8 Å². The van der Waals surface area contributed by atoms with Crippen molar-refractivity contribution in [2.75, 3.05) is 19.8 Å². The van der Waals surface area contributed by atoms with Crippen LogP contribution in [0.1, 0.15) is 24.2 Å². The van der Waals surface area contributed by atoms with Gasteiger partial charge in [-0.1, -0.05) is 6.07 Å². The highest BCUT2D eigenvalue weighted by molar-refractivity contribution is 5.78. The molecule has 4 rings (SSSR count). The maximum Gasteiger partial charge on any atom is 0.228 e. The van der Waals surface area contributed by atoms with Crippen molar-refractivity contribution < 1.29 is 9.53 Å². The second-order valence-corrected chi connectivity index (χ2v) is 7.12. The van der Waals surface area contributed by atoms with Crippen LogP contribution in [0.3, 0.4) is 0 Å². The number of amides is 1. The molecule has 0 saturated heterocycles. The summed E-state index contributed by atoms with van der Waals surface area (Å²) < 4.78 is 7.91. The third-order valence-corrected chi connectivity index (χ3v) is 4.88. The SMILES string of the molecule is O=C(Cc1ccccn1)N1Cc2ccnn2C[C@H](COCC2CC2)C1. The zero-order chi connectivity index (χ0) is 17.1. The Hall–Kier alpha value is -2.21. The highest BCUT2D eigenvalue weighted by Gasteiger charge is 2.27. The second kappa shape index (κ2) is 7.35. The van der Waals surface area contributed by atoms with Gasteiger partial charge in [0.1, 0.15) is 0 Å². The van der Waals surface area contributed by atoms with Gasteiger partial charge in [0.2, 0.25) is 5.91 Å². The Morgan fingerprint density at radius 1 is 1.12 bits per heavy atom. The van der Waals surface area contributed by atoms with Crippen molar-refractivity contribution in [1.82, 2.24) is 19.7 Å². The minimum Gasteiger partial charge on any atom is -0.381 e. The molecule has 2 aromatic rings. The normalized spacial score (nSPS) is 20.2. The fraction of sp³-hybridized carbons (Fsp3) is 0.526. The van der Waals surface area contributed by atoms with Gasteiger partial charge >= 0.3 is 0 Å². The summed E-state index contributed by atoms with van der Waals surface area (Å²) in [6.07, 6.45) is 6.47. The zero-order valence-electron chi connectivity index (χ0n) is 14.4. The topological polar surface area (TPSA) is 60.2 Å². The Bertz CT molecular complexity index is 711. The van der Waals surface area contributed by atoms with Gasteiger partial charge in [0.05, 0.1) is 25.3 Å². The molecule has 1 amide bonds. The van der Waals surface area contributed by atoms with Crippen LogP contribution in [-0.4, -0.2) is 45.3 Å². The van der Waals surface area contributed by atoms with E-state index in [4.69, 9.17) is 4.74 Å². The molecular formula is C19H24N4O2. The molecule has 3 heterocycles. The molecule has 25 heavy (non-hydrogen) atoms. The summed E-state index contributed by atoms with van der Waals surface area (Å²) in [4.78, 5) is 19.0. The van der Waals surface area contributed by atoms with E-state index in [1.165, 1.54) is 12.8 Å². The fourth-order valence-corrected chi connectivity index (χ4v) is 3.28. The van der Waals surface area contributed by atoms with Gasteiger partial charge < -0.3 is 9.64 Å². The standard InChI is InChI=1S/C19H24N4O2/c24-19(9-17-3-1-2-7-20-17)22-10-16(14-25-13-15-4-5-15)11-23-18(12-22)6-8-21-23/h1-3,6-8,15-16H,4-5,9-14H2/t16-/m1/s1. The van der Waals surface area contributed by atoms with E-state index in [2.05, 4.69) is 10.1 Å². The van der Waals surface area contributed by atoms with Gasteiger partial charge in [-0.15, -0.1) is 0 Å². The van der Waals surface area contributed by atoms with Crippen LogP contribution in [0.4, 0.5) is 0 Å². The van der Waals surface area contributed by atoms with Crippen LogP contribution in [-0.2, 0) is 29.0 Å². The molecule has 0 aromatic carbocycles. The Kier molecular flexibility index (Phi) is 4.78. The van der Waals surface area contributed by atoms with Crippen LogP contribution in [0.25, 0.3) is 0 Å². The van der Waals surface area contributed by atoms with E-state index >= 15 is 0 Å². The van der Waals surface area contributed by atoms with Gasteiger partial charge in [0.25, 0.3) is 0 Å². The van der Waals surface area contributed by atoms with Gasteiger partial charge in [-0.2, -0.15) is 5.10 Å². The van der Waals surface area contributed by atoms with Crippen LogP contribution in [0.5, 0.6) is 0 Å². The predicted molar refractivity (Wildman–Crippen MR) is 92.6 cm³/mol. The first-order valence-electron chi connectivity index (χ1n) is 9.04. The summed E-state index contributed by atoms with van der Waals surface area (Å²) in [6.45, 7) is 3.65. The largest absolute Gasteiger partial charge is 0.381 e. The van der Waals surface area contributed by atoms with Crippen molar-refractivity contribution in [1.29, 1.82) is 0 Å². The van der Waals surface area contributed by atoms with E-state index in [1.807, 2.05) is 40.0 Å². The quantitative estimate of drug-likeness (QED) is 0.806. The number of carbonyl (C=O) groups is 1. The van der Waals surface area contributed by atoms with Crippen LogP contribution in [0.2, 0.25) is 0 Å². The van der Waals surface area contributed by atoms with Crippen molar-refractivity contribution in [2.24, 2.45) is 11.8 Å². The molecule has 0 bridgehead atoms. The lowest BCUT2D eigenvalue weighted by Crippen LogP contribution is -2.36. The van der Waals surface area contributed by atoms with Crippen LogP contribution < -0.4 is 0 Å². The van der Waals surface area contributed by atoms with Gasteiger partial charge in [0, 0.05) is 43.7 Å². The molecule has 132 valence electrons. The van der Waals surface area contributed by atoms with Gasteiger partial charge in [0.15, 0.2) is 0 Å². The minimum absolute atomic E-state index is 0.112. The third-order valence-electron chi connectivity index (χ3n) is 4.88. The number of ether oxygens (including phenoxy) is 1. The van der Waals surface area contributed by atoms with Crippen molar-refractivity contribution >= 4 is 5.91 Å². The molecule has 0 unspecified atom stereocenters. The summed E-state index contributed by atoms with van der Waals surface area (Å²) >= 11 is 0. The number of pyridine rings is 1. The Balaban J connectivity index is 1.43. The first-order valence-corrected chi connectivity index (χ1v) is 9.04. The van der Waals surface area contributed by atoms with Crippen molar-refractivity contribution in [3.8, 4) is 0 Å². The molecule has 2 aliphatic rings. The average molecular weight is 340 g/mol. The monoisotopic (exact) mass is 340 g/mol. The number of hydrogen-bond donors (Lipinski definition) is 0. The number of hydrogen-bond acceptors (Lipinski definition) is 4. The maximum absolute atomic E-state index is 12.8. The first-order chi connectivity index (χ1) is 12.3. The Morgan fingerprint density at radius 3 is 2.80 bits per heavy atom. The van der Waals surface area contributed by atoms with Crippen LogP contribution in [0.15, 0.2) is 36.7 Å². The smallest absolute Gasteiger partial charge is 0.228 e. The third kappa shape index (κ3) is 4.25. The Morgan fingerprint density at radius 2 is 2.00 bits per heavy atom. The molecule has 1 saturated carbocycles. The van der Waals surface area contributed by atoms with E-state index in [0.29, 0.717) is 26.1 Å².